The number of hydrogen-bond acceptors (Lipinski definition) is 3. The van der Waals surface area contributed by atoms with Crippen LogP contribution in [0.25, 0.3) is 11.3 Å². The Balaban J connectivity index is 0.000000771. The van der Waals surface area contributed by atoms with E-state index in [9.17, 15) is 0 Å². The molecule has 0 saturated heterocycles. The van der Waals surface area contributed by atoms with Gasteiger partial charge in [0.15, 0.2) is 0 Å². The highest BCUT2D eigenvalue weighted by molar-refractivity contribution is 5.58. The van der Waals surface area contributed by atoms with Crippen LogP contribution in [0.3, 0.4) is 0 Å². The molecule has 2 rings (SSSR count). The largest absolute Gasteiger partial charge is 0.400 e. The zero-order valence-corrected chi connectivity index (χ0v) is 10.9. The van der Waals surface area contributed by atoms with E-state index in [1.54, 1.807) is 0 Å². The summed E-state index contributed by atoms with van der Waals surface area (Å²) in [5.41, 5.74) is 9.06. The number of benzene rings is 1. The third-order valence-electron chi connectivity index (χ3n) is 2.66. The minimum Gasteiger partial charge on any atom is -0.400 e. The molecule has 0 aliphatic carbocycles. The second-order valence-corrected chi connectivity index (χ2v) is 3.83. The Labute approximate surface area is 108 Å². The second kappa shape index (κ2) is 7.58. The molecule has 0 amide bonds. The van der Waals surface area contributed by atoms with Crippen LogP contribution in [-0.4, -0.2) is 17.2 Å². The smallest absolute Gasteiger partial charge is 0.0706 e. The summed E-state index contributed by atoms with van der Waals surface area (Å²) in [6.45, 7) is 2.07. The Morgan fingerprint density at radius 2 is 1.72 bits per heavy atom. The van der Waals surface area contributed by atoms with E-state index in [1.807, 2.05) is 36.4 Å². The molecule has 0 radical (unpaired) electrons. The summed E-state index contributed by atoms with van der Waals surface area (Å²) in [4.78, 5) is 4.59. The normalized spacial score (nSPS) is 11.3. The molecule has 3 nitrogen and oxygen atoms in total. The predicted molar refractivity (Wildman–Crippen MR) is 75.0 cm³/mol. The molecule has 0 fully saturated rings. The lowest BCUT2D eigenvalue weighted by Gasteiger charge is -2.09. The van der Waals surface area contributed by atoms with Gasteiger partial charge in [0, 0.05) is 18.7 Å². The Morgan fingerprint density at radius 1 is 1.06 bits per heavy atom. The molecule has 96 valence electrons. The summed E-state index contributed by atoms with van der Waals surface area (Å²) in [5, 5.41) is 7.00. The molecule has 0 aliphatic rings. The first-order valence-corrected chi connectivity index (χ1v) is 6.04. The summed E-state index contributed by atoms with van der Waals surface area (Å²) in [5.74, 6) is 0. The van der Waals surface area contributed by atoms with Gasteiger partial charge >= 0.3 is 0 Å². The molecule has 0 bridgehead atoms. The Morgan fingerprint density at radius 3 is 2.33 bits per heavy atom. The zero-order valence-electron chi connectivity index (χ0n) is 10.9. The molecule has 1 aromatic heterocycles. The van der Waals surface area contributed by atoms with Crippen molar-refractivity contribution in [3.8, 4) is 11.3 Å². The summed E-state index contributed by atoms with van der Waals surface area (Å²) < 4.78 is 0. The molecule has 2 aromatic rings. The first kappa shape index (κ1) is 14.4. The van der Waals surface area contributed by atoms with E-state index < -0.39 is 0 Å². The number of nitrogens with zero attached hydrogens (tertiary/aromatic N) is 1. The molecule has 1 heterocycles. The van der Waals surface area contributed by atoms with Gasteiger partial charge in [-0.2, -0.15) is 0 Å². The van der Waals surface area contributed by atoms with Crippen molar-refractivity contribution in [3.05, 3.63) is 54.2 Å². The number of aromatic nitrogens is 1. The maximum Gasteiger partial charge on any atom is 0.0706 e. The Hall–Kier alpha value is -1.71. The molecule has 0 spiro atoms. The van der Waals surface area contributed by atoms with Crippen molar-refractivity contribution in [3.63, 3.8) is 0 Å². The minimum atomic E-state index is 0.0312. The third-order valence-corrected chi connectivity index (χ3v) is 2.66. The van der Waals surface area contributed by atoms with E-state index in [2.05, 4.69) is 24.0 Å². The van der Waals surface area contributed by atoms with Gasteiger partial charge < -0.3 is 10.8 Å². The first-order chi connectivity index (χ1) is 8.81. The van der Waals surface area contributed by atoms with Gasteiger partial charge in [-0.3, -0.25) is 4.98 Å². The fourth-order valence-corrected chi connectivity index (χ4v) is 1.64. The second-order valence-electron chi connectivity index (χ2n) is 3.83. The monoisotopic (exact) mass is 244 g/mol. The van der Waals surface area contributed by atoms with Gasteiger partial charge in [0.25, 0.3) is 0 Å². The number of aliphatic hydroxyl groups excluding tert-OH is 1. The van der Waals surface area contributed by atoms with E-state index >= 15 is 0 Å². The molecular formula is C15H20N2O. The Kier molecular flexibility index (Phi) is 6.05. The van der Waals surface area contributed by atoms with Crippen molar-refractivity contribution >= 4 is 0 Å². The van der Waals surface area contributed by atoms with Crippen LogP contribution < -0.4 is 5.73 Å². The average Bonchev–Trinajstić information content (AvgIpc) is 2.49. The molecule has 18 heavy (non-hydrogen) atoms. The highest BCUT2D eigenvalue weighted by Crippen LogP contribution is 2.19. The summed E-state index contributed by atoms with van der Waals surface area (Å²) >= 11 is 0. The molecule has 0 saturated carbocycles. The maximum atomic E-state index is 7.00. The van der Waals surface area contributed by atoms with Crippen LogP contribution in [0.5, 0.6) is 0 Å². The fourth-order valence-electron chi connectivity index (χ4n) is 1.64. The molecule has 3 heteroatoms. The van der Waals surface area contributed by atoms with Gasteiger partial charge in [-0.1, -0.05) is 43.3 Å². The molecular weight excluding hydrogens is 224 g/mol. The summed E-state index contributed by atoms with van der Waals surface area (Å²) in [6.07, 6.45) is 0.908. The quantitative estimate of drug-likeness (QED) is 0.872. The number of pyridine rings is 1. The highest BCUT2D eigenvalue weighted by atomic mass is 16.2. The lowest BCUT2D eigenvalue weighted by Crippen LogP contribution is -2.10. The van der Waals surface area contributed by atoms with Gasteiger partial charge in [0.1, 0.15) is 0 Å². The van der Waals surface area contributed by atoms with E-state index in [4.69, 9.17) is 10.8 Å². The first-order valence-electron chi connectivity index (χ1n) is 6.04. The fraction of sp³-hybridized carbons (Fsp3) is 0.267. The molecule has 1 unspecified atom stereocenters. The van der Waals surface area contributed by atoms with Gasteiger partial charge in [0.05, 0.1) is 11.4 Å². The van der Waals surface area contributed by atoms with Crippen molar-refractivity contribution in [1.29, 1.82) is 0 Å². The minimum absolute atomic E-state index is 0.0312. The van der Waals surface area contributed by atoms with E-state index in [0.717, 1.165) is 30.5 Å². The van der Waals surface area contributed by atoms with Gasteiger partial charge in [-0.05, 0) is 18.6 Å². The van der Waals surface area contributed by atoms with Crippen LogP contribution in [0, 0.1) is 0 Å². The van der Waals surface area contributed by atoms with E-state index in [-0.39, 0.29) is 6.04 Å². The maximum absolute atomic E-state index is 7.00. The van der Waals surface area contributed by atoms with Gasteiger partial charge in [-0.15, -0.1) is 0 Å². The van der Waals surface area contributed by atoms with Crippen LogP contribution in [0.1, 0.15) is 25.1 Å². The van der Waals surface area contributed by atoms with Crippen LogP contribution in [0.4, 0.5) is 0 Å². The predicted octanol–water partition coefficient (Wildman–Crippen LogP) is 2.77. The van der Waals surface area contributed by atoms with Crippen LogP contribution >= 0.6 is 0 Å². The standard InChI is InChI=1S/C14H16N2.CH4O/c1-2-12(15)14-10-6-9-13(16-14)11-7-4-3-5-8-11;1-2/h3-10,12H,2,15H2,1H3;2H,1H3. The SMILES string of the molecule is CCC(N)c1cccc(-c2ccccc2)n1.CO. The summed E-state index contributed by atoms with van der Waals surface area (Å²) in [6, 6.07) is 16.2. The molecule has 3 N–H and O–H groups in total. The highest BCUT2D eigenvalue weighted by Gasteiger charge is 2.06. The lowest BCUT2D eigenvalue weighted by atomic mass is 10.1. The van der Waals surface area contributed by atoms with Crippen molar-refractivity contribution in [2.24, 2.45) is 5.73 Å². The average molecular weight is 244 g/mol. The van der Waals surface area contributed by atoms with Crippen molar-refractivity contribution in [2.45, 2.75) is 19.4 Å². The number of nitrogens with two attached hydrogens (primary N) is 1. The Bertz CT molecular complexity index is 457. The van der Waals surface area contributed by atoms with E-state index in [0.29, 0.717) is 0 Å². The van der Waals surface area contributed by atoms with Crippen molar-refractivity contribution in [2.75, 3.05) is 7.11 Å². The molecule has 1 atom stereocenters. The molecule has 1 aromatic carbocycles. The van der Waals surface area contributed by atoms with Gasteiger partial charge in [-0.25, -0.2) is 0 Å². The van der Waals surface area contributed by atoms with Crippen LogP contribution in [-0.2, 0) is 0 Å². The van der Waals surface area contributed by atoms with Crippen LogP contribution in [0.2, 0.25) is 0 Å². The number of aliphatic hydroxyl groups is 1. The zero-order chi connectivity index (χ0) is 13.4. The number of rotatable bonds is 3. The summed E-state index contributed by atoms with van der Waals surface area (Å²) in [7, 11) is 1.00. The van der Waals surface area contributed by atoms with Crippen molar-refractivity contribution in [1.82, 2.24) is 4.98 Å². The van der Waals surface area contributed by atoms with E-state index in [1.165, 1.54) is 0 Å². The van der Waals surface area contributed by atoms with Gasteiger partial charge in [0.2, 0.25) is 0 Å². The van der Waals surface area contributed by atoms with Crippen LogP contribution in [0.15, 0.2) is 48.5 Å². The topological polar surface area (TPSA) is 59.1 Å². The number of hydrogen-bond donors (Lipinski definition) is 2. The molecule has 0 aliphatic heterocycles. The third kappa shape index (κ3) is 3.65. The lowest BCUT2D eigenvalue weighted by molar-refractivity contribution is 0.399. The van der Waals surface area contributed by atoms with Crippen molar-refractivity contribution < 1.29 is 5.11 Å².